The zero-order valence-electron chi connectivity index (χ0n) is 8.62. The Labute approximate surface area is 80.1 Å². The lowest BCUT2D eigenvalue weighted by molar-refractivity contribution is 0.0921. The number of hydrogen-bond donors (Lipinski definition) is 0. The van der Waals surface area contributed by atoms with Gasteiger partial charge in [-0.3, -0.25) is 4.57 Å². The first-order valence-corrected chi connectivity index (χ1v) is 6.47. The molecule has 1 unspecified atom stereocenters. The predicted molar refractivity (Wildman–Crippen MR) is 52.2 cm³/mol. The van der Waals surface area contributed by atoms with Crippen LogP contribution in [-0.2, 0) is 18.3 Å². The van der Waals surface area contributed by atoms with Crippen LogP contribution in [0.5, 0.6) is 0 Å². The van der Waals surface area contributed by atoms with Crippen LogP contribution in [0.15, 0.2) is 0 Å². The second-order valence-corrected chi connectivity index (χ2v) is 4.92. The number of hydrogen-bond acceptors (Lipinski definition) is 4. The van der Waals surface area contributed by atoms with Crippen molar-refractivity contribution in [1.29, 1.82) is 0 Å². The van der Waals surface area contributed by atoms with Gasteiger partial charge >= 0.3 is 7.60 Å². The highest BCUT2D eigenvalue weighted by atomic mass is 31.2. The molecule has 5 heteroatoms. The topological polar surface area (TPSA) is 44.8 Å². The van der Waals surface area contributed by atoms with Gasteiger partial charge in [-0.1, -0.05) is 13.3 Å². The van der Waals surface area contributed by atoms with Gasteiger partial charge in [0.1, 0.15) is 0 Å². The molecule has 0 spiro atoms. The van der Waals surface area contributed by atoms with Gasteiger partial charge < -0.3 is 13.8 Å². The van der Waals surface area contributed by atoms with Crippen LogP contribution in [0.3, 0.4) is 0 Å². The fourth-order valence-electron chi connectivity index (χ4n) is 0.663. The zero-order chi connectivity index (χ0) is 10.2. The Balaban J connectivity index is 3.21. The van der Waals surface area contributed by atoms with Crippen molar-refractivity contribution in [3.63, 3.8) is 0 Å². The lowest BCUT2D eigenvalue weighted by Gasteiger charge is -2.10. The van der Waals surface area contributed by atoms with E-state index in [2.05, 4.69) is 11.4 Å². The minimum absolute atomic E-state index is 0.325. The summed E-state index contributed by atoms with van der Waals surface area (Å²) in [4.78, 5) is 0. The lowest BCUT2D eigenvalue weighted by Crippen LogP contribution is -2.04. The molecule has 1 atom stereocenters. The van der Waals surface area contributed by atoms with Crippen LogP contribution in [-0.4, -0.2) is 33.6 Å². The fourth-order valence-corrected chi connectivity index (χ4v) is 1.17. The van der Waals surface area contributed by atoms with Gasteiger partial charge in [0.25, 0.3) is 0 Å². The fraction of sp³-hybridized carbons (Fsp3) is 1.00. The lowest BCUT2D eigenvalue weighted by atomic mass is 10.4. The Hall–Kier alpha value is 0.110. The van der Waals surface area contributed by atoms with Gasteiger partial charge in [-0.15, -0.1) is 0 Å². The van der Waals surface area contributed by atoms with Crippen molar-refractivity contribution in [1.82, 2.24) is 0 Å². The standard InChI is InChI=1S/C8H19O4P/c1-4-5-6-11-7-8-12-13(3,9)10-2/h4-8H2,1-3H3. The van der Waals surface area contributed by atoms with Gasteiger partial charge in [0, 0.05) is 20.4 Å². The molecule has 0 N–H and O–H groups in total. The van der Waals surface area contributed by atoms with Crippen LogP contribution < -0.4 is 0 Å². The Bertz CT molecular complexity index is 160. The molecule has 0 aliphatic carbocycles. The minimum Gasteiger partial charge on any atom is -0.379 e. The summed E-state index contributed by atoms with van der Waals surface area (Å²) in [5.74, 6) is 0. The molecule has 0 aromatic rings. The molecular weight excluding hydrogens is 191 g/mol. The van der Waals surface area contributed by atoms with Crippen LogP contribution in [0.1, 0.15) is 19.8 Å². The van der Waals surface area contributed by atoms with Gasteiger partial charge in [0.05, 0.1) is 13.2 Å². The second-order valence-electron chi connectivity index (χ2n) is 2.75. The van der Waals surface area contributed by atoms with Crippen molar-refractivity contribution in [2.45, 2.75) is 19.8 Å². The minimum atomic E-state index is -2.81. The smallest absolute Gasteiger partial charge is 0.327 e. The SMILES string of the molecule is CCCCOCCOP(C)(=O)OC. The number of unbranched alkanes of at least 4 members (excludes halogenated alkanes) is 1. The van der Waals surface area contributed by atoms with Crippen LogP contribution >= 0.6 is 7.60 Å². The molecule has 0 fully saturated rings. The van der Waals surface area contributed by atoms with Crippen molar-refractivity contribution < 1.29 is 18.3 Å². The van der Waals surface area contributed by atoms with Crippen molar-refractivity contribution in [2.24, 2.45) is 0 Å². The van der Waals surface area contributed by atoms with Crippen LogP contribution in [0.4, 0.5) is 0 Å². The second kappa shape index (κ2) is 7.51. The maximum atomic E-state index is 11.2. The third-order valence-corrected chi connectivity index (χ3v) is 2.84. The molecule has 0 heterocycles. The third kappa shape index (κ3) is 8.44. The molecule has 0 aliphatic rings. The first kappa shape index (κ1) is 13.1. The molecule has 4 nitrogen and oxygen atoms in total. The summed E-state index contributed by atoms with van der Waals surface area (Å²) < 4.78 is 26.0. The van der Waals surface area contributed by atoms with Crippen LogP contribution in [0, 0.1) is 0 Å². The maximum Gasteiger partial charge on any atom is 0.327 e. The van der Waals surface area contributed by atoms with Crippen molar-refractivity contribution in [3.05, 3.63) is 0 Å². The molecule has 0 aromatic carbocycles. The molecular formula is C8H19O4P. The van der Waals surface area contributed by atoms with E-state index in [1.807, 2.05) is 0 Å². The highest BCUT2D eigenvalue weighted by molar-refractivity contribution is 7.52. The summed E-state index contributed by atoms with van der Waals surface area (Å²) in [7, 11) is -1.44. The van der Waals surface area contributed by atoms with E-state index in [1.165, 1.54) is 13.8 Å². The third-order valence-electron chi connectivity index (χ3n) is 1.53. The Morgan fingerprint density at radius 2 is 1.92 bits per heavy atom. The first-order chi connectivity index (χ1) is 6.12. The molecule has 0 saturated carbocycles. The van der Waals surface area contributed by atoms with Gasteiger partial charge in [-0.25, -0.2) is 0 Å². The van der Waals surface area contributed by atoms with E-state index in [4.69, 9.17) is 9.26 Å². The molecule has 13 heavy (non-hydrogen) atoms. The molecule has 0 aromatic heterocycles. The number of rotatable bonds is 8. The normalized spacial score (nSPS) is 15.6. The van der Waals surface area contributed by atoms with E-state index in [1.54, 1.807) is 0 Å². The summed E-state index contributed by atoms with van der Waals surface area (Å²) in [5, 5.41) is 0. The van der Waals surface area contributed by atoms with Crippen LogP contribution in [0.2, 0.25) is 0 Å². The maximum absolute atomic E-state index is 11.2. The monoisotopic (exact) mass is 210 g/mol. The largest absolute Gasteiger partial charge is 0.379 e. The Morgan fingerprint density at radius 3 is 2.46 bits per heavy atom. The molecule has 0 amide bonds. The molecule has 0 rings (SSSR count). The van der Waals surface area contributed by atoms with Crippen molar-refractivity contribution in [3.8, 4) is 0 Å². The van der Waals surface area contributed by atoms with Gasteiger partial charge in [-0.2, -0.15) is 0 Å². The Kier molecular flexibility index (Phi) is 7.57. The summed E-state index contributed by atoms with van der Waals surface area (Å²) >= 11 is 0. The Morgan fingerprint density at radius 1 is 1.23 bits per heavy atom. The average Bonchev–Trinajstić information content (AvgIpc) is 2.11. The van der Waals surface area contributed by atoms with E-state index in [0.717, 1.165) is 19.4 Å². The van der Waals surface area contributed by atoms with E-state index >= 15 is 0 Å². The van der Waals surface area contributed by atoms with Crippen LogP contribution in [0.25, 0.3) is 0 Å². The average molecular weight is 210 g/mol. The highest BCUT2D eigenvalue weighted by Crippen LogP contribution is 2.42. The molecule has 0 radical (unpaired) electrons. The van der Waals surface area contributed by atoms with E-state index < -0.39 is 7.60 Å². The van der Waals surface area contributed by atoms with E-state index in [9.17, 15) is 4.57 Å². The van der Waals surface area contributed by atoms with Gasteiger partial charge in [0.15, 0.2) is 0 Å². The summed E-state index contributed by atoms with van der Waals surface area (Å²) in [6.07, 6.45) is 2.17. The molecule has 0 saturated heterocycles. The zero-order valence-corrected chi connectivity index (χ0v) is 9.51. The summed E-state index contributed by atoms with van der Waals surface area (Å²) in [5.41, 5.74) is 0. The molecule has 0 bridgehead atoms. The van der Waals surface area contributed by atoms with E-state index in [-0.39, 0.29) is 0 Å². The summed E-state index contributed by atoms with van der Waals surface area (Å²) in [6.45, 7) is 5.08. The van der Waals surface area contributed by atoms with Crippen molar-refractivity contribution in [2.75, 3.05) is 33.6 Å². The van der Waals surface area contributed by atoms with E-state index in [0.29, 0.717) is 13.2 Å². The molecule has 80 valence electrons. The summed E-state index contributed by atoms with van der Waals surface area (Å²) in [6, 6.07) is 0. The van der Waals surface area contributed by atoms with Gasteiger partial charge in [-0.05, 0) is 6.42 Å². The predicted octanol–water partition coefficient (Wildman–Crippen LogP) is 2.29. The van der Waals surface area contributed by atoms with Crippen molar-refractivity contribution >= 4 is 7.60 Å². The van der Waals surface area contributed by atoms with Gasteiger partial charge in [0.2, 0.25) is 0 Å². The highest BCUT2D eigenvalue weighted by Gasteiger charge is 2.12. The quantitative estimate of drug-likeness (QED) is 0.455. The number of ether oxygens (including phenoxy) is 1. The first-order valence-electron chi connectivity index (χ1n) is 4.48. The molecule has 0 aliphatic heterocycles.